The standard InChI is InChI=1S/C33H35N5O4S2/c1-3-4-20-38(33(39)36-27-16-12-24(13-17-27)29-10-5-6-11-30(29)44(35,40)41)22-23-8-7-9-26(21-23)31(34)37-32(43)25-14-18-28(42-2)19-15-25/h5-19,21H,3-4,20,22H2,1-2H3,(H,36,39)(H2,34,37,43)(H2,35,40,41). The molecule has 0 bridgehead atoms. The van der Waals surface area contributed by atoms with E-state index in [1.807, 2.05) is 48.5 Å². The van der Waals surface area contributed by atoms with Crippen molar-refractivity contribution in [3.63, 3.8) is 0 Å². The lowest BCUT2D eigenvalue weighted by molar-refractivity contribution is 0.208. The molecular formula is C33H35N5O4S2. The Bertz CT molecular complexity index is 1760. The number of amidine groups is 1. The molecule has 5 N–H and O–H groups in total. The number of carbonyl (C=O) groups excluding carboxylic acids is 1. The zero-order chi connectivity index (χ0) is 31.7. The topological polar surface area (TPSA) is 140 Å². The summed E-state index contributed by atoms with van der Waals surface area (Å²) in [4.78, 5) is 19.9. The molecule has 0 aliphatic heterocycles. The van der Waals surface area contributed by atoms with Crippen molar-refractivity contribution in [2.45, 2.75) is 31.2 Å². The molecule has 2 amide bonds. The van der Waals surface area contributed by atoms with Crippen molar-refractivity contribution in [2.75, 3.05) is 19.0 Å². The lowest BCUT2D eigenvalue weighted by Gasteiger charge is -2.23. The molecule has 0 spiro atoms. The predicted molar refractivity (Wildman–Crippen MR) is 179 cm³/mol. The molecule has 0 aliphatic rings. The first-order valence-electron chi connectivity index (χ1n) is 14.0. The Morgan fingerprint density at radius 3 is 2.32 bits per heavy atom. The molecular weight excluding hydrogens is 595 g/mol. The maximum atomic E-state index is 13.4. The number of thiocarbonyl (C=S) groups is 1. The number of nitrogens with zero attached hydrogens (tertiary/aromatic N) is 2. The van der Waals surface area contributed by atoms with Gasteiger partial charge in [-0.25, -0.2) is 23.3 Å². The van der Waals surface area contributed by atoms with Crippen molar-refractivity contribution < 1.29 is 17.9 Å². The molecule has 228 valence electrons. The third-order valence-corrected chi connectivity index (χ3v) is 8.16. The van der Waals surface area contributed by atoms with Gasteiger partial charge in [0.15, 0.2) is 0 Å². The normalized spacial score (nSPS) is 11.6. The van der Waals surface area contributed by atoms with Crippen molar-refractivity contribution in [3.05, 3.63) is 114 Å². The molecule has 0 unspecified atom stereocenters. The average Bonchev–Trinajstić information content (AvgIpc) is 3.03. The van der Waals surface area contributed by atoms with Crippen LogP contribution in [0.25, 0.3) is 11.1 Å². The summed E-state index contributed by atoms with van der Waals surface area (Å²) in [5.74, 6) is 1.00. The van der Waals surface area contributed by atoms with Crippen LogP contribution in [0.3, 0.4) is 0 Å². The Morgan fingerprint density at radius 1 is 0.955 bits per heavy atom. The number of sulfonamides is 1. The van der Waals surface area contributed by atoms with E-state index in [1.54, 1.807) is 54.5 Å². The number of rotatable bonds is 11. The van der Waals surface area contributed by atoms with E-state index in [2.05, 4.69) is 17.2 Å². The van der Waals surface area contributed by atoms with E-state index in [4.69, 9.17) is 27.8 Å². The van der Waals surface area contributed by atoms with E-state index in [0.29, 0.717) is 40.5 Å². The minimum atomic E-state index is -3.89. The number of ether oxygens (including phenoxy) is 1. The Kier molecular flexibility index (Phi) is 10.8. The molecule has 44 heavy (non-hydrogen) atoms. The van der Waals surface area contributed by atoms with E-state index in [1.165, 1.54) is 6.07 Å². The summed E-state index contributed by atoms with van der Waals surface area (Å²) < 4.78 is 29.2. The van der Waals surface area contributed by atoms with Gasteiger partial charge in [0, 0.05) is 35.5 Å². The fourth-order valence-electron chi connectivity index (χ4n) is 4.51. The molecule has 0 saturated heterocycles. The Morgan fingerprint density at radius 2 is 1.66 bits per heavy atom. The van der Waals surface area contributed by atoms with E-state index >= 15 is 0 Å². The lowest BCUT2D eigenvalue weighted by atomic mass is 10.1. The van der Waals surface area contributed by atoms with Crippen molar-refractivity contribution in [3.8, 4) is 16.9 Å². The maximum Gasteiger partial charge on any atom is 0.322 e. The Balaban J connectivity index is 1.48. The van der Waals surface area contributed by atoms with Crippen LogP contribution in [0.4, 0.5) is 10.5 Å². The van der Waals surface area contributed by atoms with Gasteiger partial charge in [0.25, 0.3) is 0 Å². The molecule has 4 rings (SSSR count). The van der Waals surface area contributed by atoms with Crippen LogP contribution in [0.15, 0.2) is 107 Å². The van der Waals surface area contributed by atoms with E-state index in [9.17, 15) is 13.2 Å². The van der Waals surface area contributed by atoms with Gasteiger partial charge in [0.2, 0.25) is 10.0 Å². The average molecular weight is 630 g/mol. The third kappa shape index (κ3) is 8.50. The number of unbranched alkanes of at least 4 members (excludes halogenated alkanes) is 1. The molecule has 0 aliphatic carbocycles. The molecule has 0 saturated carbocycles. The van der Waals surface area contributed by atoms with Crippen molar-refractivity contribution in [1.82, 2.24) is 4.90 Å². The van der Waals surface area contributed by atoms with Gasteiger partial charge in [0.1, 0.15) is 16.6 Å². The molecule has 4 aromatic carbocycles. The van der Waals surface area contributed by atoms with Gasteiger partial charge in [-0.3, -0.25) is 0 Å². The SMILES string of the molecule is CCCCN(Cc1cccc(C(N)=NC(=S)c2ccc(OC)cc2)c1)C(=O)Nc1ccc(-c2ccccc2S(N)(=O)=O)cc1. The van der Waals surface area contributed by atoms with Crippen LogP contribution < -0.4 is 20.9 Å². The number of methoxy groups -OCH3 is 1. The molecule has 4 aromatic rings. The zero-order valence-corrected chi connectivity index (χ0v) is 26.2. The van der Waals surface area contributed by atoms with E-state index in [-0.39, 0.29) is 16.8 Å². The van der Waals surface area contributed by atoms with Crippen LogP contribution in [0.5, 0.6) is 5.75 Å². The second kappa shape index (κ2) is 14.7. The summed E-state index contributed by atoms with van der Waals surface area (Å²) in [6.45, 7) is 2.98. The summed E-state index contributed by atoms with van der Waals surface area (Å²) in [6.07, 6.45) is 1.75. The smallest absolute Gasteiger partial charge is 0.322 e. The first kappa shape index (κ1) is 32.3. The number of primary sulfonamides is 1. The van der Waals surface area contributed by atoms with Crippen LogP contribution in [-0.2, 0) is 16.6 Å². The largest absolute Gasteiger partial charge is 0.497 e. The summed E-state index contributed by atoms with van der Waals surface area (Å²) in [5, 5.41) is 8.35. The number of nitrogens with two attached hydrogens (primary N) is 2. The predicted octanol–water partition coefficient (Wildman–Crippen LogP) is 5.92. The second-order valence-electron chi connectivity index (χ2n) is 10.1. The van der Waals surface area contributed by atoms with E-state index < -0.39 is 10.0 Å². The highest BCUT2D eigenvalue weighted by Gasteiger charge is 2.17. The highest BCUT2D eigenvalue weighted by atomic mass is 32.2. The number of urea groups is 1. The molecule has 0 radical (unpaired) electrons. The van der Waals surface area contributed by atoms with Crippen molar-refractivity contribution >= 4 is 44.8 Å². The quantitative estimate of drug-likeness (QED) is 0.107. The fourth-order valence-corrected chi connectivity index (χ4v) is 5.51. The molecule has 0 heterocycles. The van der Waals surface area contributed by atoms with Crippen molar-refractivity contribution in [2.24, 2.45) is 15.9 Å². The zero-order valence-electron chi connectivity index (χ0n) is 24.6. The number of hydrogen-bond acceptors (Lipinski definition) is 5. The first-order valence-corrected chi connectivity index (χ1v) is 15.9. The lowest BCUT2D eigenvalue weighted by Crippen LogP contribution is -2.35. The highest BCUT2D eigenvalue weighted by Crippen LogP contribution is 2.27. The van der Waals surface area contributed by atoms with Crippen molar-refractivity contribution in [1.29, 1.82) is 0 Å². The summed E-state index contributed by atoms with van der Waals surface area (Å²) in [5.41, 5.74) is 10.4. The number of benzene rings is 4. The number of carbonyl (C=O) groups is 1. The van der Waals surface area contributed by atoms with Gasteiger partial charge in [-0.15, -0.1) is 0 Å². The van der Waals surface area contributed by atoms with Gasteiger partial charge in [-0.2, -0.15) is 0 Å². The molecule has 0 aromatic heterocycles. The maximum absolute atomic E-state index is 13.4. The van der Waals surface area contributed by atoms with Crippen LogP contribution in [0, 0.1) is 0 Å². The molecule has 9 nitrogen and oxygen atoms in total. The van der Waals surface area contributed by atoms with Gasteiger partial charge < -0.3 is 20.7 Å². The number of amides is 2. The van der Waals surface area contributed by atoms with Gasteiger partial charge in [-0.1, -0.05) is 74.1 Å². The van der Waals surface area contributed by atoms with E-state index in [0.717, 1.165) is 29.7 Å². The highest BCUT2D eigenvalue weighted by molar-refractivity contribution is 7.89. The van der Waals surface area contributed by atoms with Crippen LogP contribution in [0.1, 0.15) is 36.5 Å². The van der Waals surface area contributed by atoms with Crippen LogP contribution in [0.2, 0.25) is 0 Å². The van der Waals surface area contributed by atoms with Gasteiger partial charge >= 0.3 is 6.03 Å². The van der Waals surface area contributed by atoms with Crippen LogP contribution in [-0.4, -0.2) is 43.8 Å². The number of anilines is 1. The minimum Gasteiger partial charge on any atom is -0.497 e. The second-order valence-corrected chi connectivity index (χ2v) is 12.0. The van der Waals surface area contributed by atoms with Gasteiger partial charge in [-0.05, 0) is 66.1 Å². The van der Waals surface area contributed by atoms with Crippen LogP contribution >= 0.6 is 12.2 Å². The summed E-state index contributed by atoms with van der Waals surface area (Å²) >= 11 is 5.48. The number of hydrogen-bond donors (Lipinski definition) is 3. The number of nitrogens with one attached hydrogen (secondary N) is 1. The first-order chi connectivity index (χ1) is 21.1. The molecule has 0 atom stereocenters. The fraction of sp³-hybridized carbons (Fsp3) is 0.182. The number of aliphatic imine (C=N–C) groups is 1. The Hall–Kier alpha value is -4.58. The monoisotopic (exact) mass is 629 g/mol. The van der Waals surface area contributed by atoms with Gasteiger partial charge in [0.05, 0.1) is 12.0 Å². The Labute approximate surface area is 263 Å². The third-order valence-electron chi connectivity index (χ3n) is 6.86. The molecule has 11 heteroatoms. The summed E-state index contributed by atoms with van der Waals surface area (Å²) in [7, 11) is -2.29. The summed E-state index contributed by atoms with van der Waals surface area (Å²) in [6, 6.07) is 28.1. The minimum absolute atomic E-state index is 0.0398. The molecule has 0 fully saturated rings.